The SMILES string of the molecule is O=C(Nc1nc2c(Cl)ccc(Cl)c2s1)C1CCN(S(=O)(=O)c2ccc(Cl)s2)CC1. The van der Waals surface area contributed by atoms with E-state index in [0.29, 0.717) is 42.6 Å². The molecule has 1 amide bonds. The van der Waals surface area contributed by atoms with E-state index in [1.54, 1.807) is 18.2 Å². The Hall–Kier alpha value is -0.940. The molecule has 1 aromatic carbocycles. The van der Waals surface area contributed by atoms with Gasteiger partial charge in [0.25, 0.3) is 10.0 Å². The Bertz CT molecular complexity index is 1150. The van der Waals surface area contributed by atoms with E-state index in [1.165, 1.54) is 21.7 Å². The van der Waals surface area contributed by atoms with E-state index in [9.17, 15) is 13.2 Å². The fraction of sp³-hybridized carbons (Fsp3) is 0.294. The Kier molecular flexibility index (Phi) is 6.09. The third-order valence-corrected chi connectivity index (χ3v) is 9.98. The summed E-state index contributed by atoms with van der Waals surface area (Å²) < 4.78 is 28.1. The van der Waals surface area contributed by atoms with E-state index in [-0.39, 0.29) is 29.1 Å². The van der Waals surface area contributed by atoms with Crippen LogP contribution in [0.3, 0.4) is 0 Å². The Labute approximate surface area is 190 Å². The second-order valence-corrected chi connectivity index (χ2v) is 12.1. The number of carbonyl (C=O) groups excluding carboxylic acids is 1. The molecule has 1 fully saturated rings. The zero-order chi connectivity index (χ0) is 20.8. The van der Waals surface area contributed by atoms with Crippen LogP contribution in [0.5, 0.6) is 0 Å². The molecule has 29 heavy (non-hydrogen) atoms. The van der Waals surface area contributed by atoms with E-state index in [4.69, 9.17) is 34.8 Å². The largest absolute Gasteiger partial charge is 0.302 e. The first kappa shape index (κ1) is 21.3. The highest BCUT2D eigenvalue weighted by molar-refractivity contribution is 7.91. The standard InChI is InChI=1S/C17H14Cl3N3O3S3/c18-10-1-2-11(19)15-14(10)21-17(28-15)22-16(24)9-5-7-23(8-6-9)29(25,26)13-4-3-12(20)27-13/h1-4,9H,5-8H2,(H,21,22,24). The quantitative estimate of drug-likeness (QED) is 0.512. The van der Waals surface area contributed by atoms with Crippen molar-refractivity contribution in [3.05, 3.63) is 38.6 Å². The molecule has 0 atom stereocenters. The molecule has 1 aliphatic heterocycles. The van der Waals surface area contributed by atoms with Crippen molar-refractivity contribution in [1.82, 2.24) is 9.29 Å². The van der Waals surface area contributed by atoms with Crippen LogP contribution in [0, 0.1) is 5.92 Å². The molecule has 0 unspecified atom stereocenters. The van der Waals surface area contributed by atoms with E-state index in [1.807, 2.05) is 0 Å². The van der Waals surface area contributed by atoms with Crippen molar-refractivity contribution in [1.29, 1.82) is 0 Å². The fourth-order valence-electron chi connectivity index (χ4n) is 3.13. The molecule has 3 aromatic rings. The number of anilines is 1. The molecule has 3 heterocycles. The second-order valence-electron chi connectivity index (χ2n) is 6.45. The number of piperidine rings is 1. The van der Waals surface area contributed by atoms with Crippen LogP contribution in [0.4, 0.5) is 5.13 Å². The lowest BCUT2D eigenvalue weighted by Gasteiger charge is -2.29. The van der Waals surface area contributed by atoms with Crippen molar-refractivity contribution in [2.75, 3.05) is 18.4 Å². The topological polar surface area (TPSA) is 79.4 Å². The molecule has 0 bridgehead atoms. The Morgan fingerprint density at radius 2 is 1.76 bits per heavy atom. The van der Waals surface area contributed by atoms with Gasteiger partial charge in [0.15, 0.2) is 5.13 Å². The number of aromatic nitrogens is 1. The van der Waals surface area contributed by atoms with Crippen molar-refractivity contribution in [2.24, 2.45) is 5.92 Å². The number of thiophene rings is 1. The maximum absolute atomic E-state index is 12.7. The van der Waals surface area contributed by atoms with E-state index in [2.05, 4.69) is 10.3 Å². The van der Waals surface area contributed by atoms with E-state index < -0.39 is 10.0 Å². The van der Waals surface area contributed by atoms with Crippen LogP contribution in [0.15, 0.2) is 28.5 Å². The molecule has 154 valence electrons. The summed E-state index contributed by atoms with van der Waals surface area (Å²) in [5.74, 6) is -0.487. The molecule has 6 nitrogen and oxygen atoms in total. The predicted octanol–water partition coefficient (Wildman–Crippen LogP) is 5.36. The first-order valence-electron chi connectivity index (χ1n) is 8.56. The number of halogens is 3. The van der Waals surface area contributed by atoms with Gasteiger partial charge >= 0.3 is 0 Å². The molecular weight excluding hydrogens is 497 g/mol. The van der Waals surface area contributed by atoms with Gasteiger partial charge in [0, 0.05) is 19.0 Å². The van der Waals surface area contributed by atoms with Gasteiger partial charge in [-0.05, 0) is 37.1 Å². The number of thiazole rings is 1. The van der Waals surface area contributed by atoms with Crippen LogP contribution in [-0.2, 0) is 14.8 Å². The zero-order valence-corrected chi connectivity index (χ0v) is 19.4. The summed E-state index contributed by atoms with van der Waals surface area (Å²) in [6.07, 6.45) is 0.854. The molecule has 0 saturated carbocycles. The highest BCUT2D eigenvalue weighted by Gasteiger charge is 2.33. The molecular formula is C17H14Cl3N3O3S3. The number of fused-ring (bicyclic) bond motifs is 1. The van der Waals surface area contributed by atoms with Crippen LogP contribution in [0.2, 0.25) is 14.4 Å². The van der Waals surface area contributed by atoms with Crippen LogP contribution in [0.1, 0.15) is 12.8 Å². The number of nitrogens with zero attached hydrogens (tertiary/aromatic N) is 2. The Morgan fingerprint density at radius 3 is 2.38 bits per heavy atom. The summed E-state index contributed by atoms with van der Waals surface area (Å²) in [5.41, 5.74) is 0.551. The number of sulfonamides is 1. The normalized spacial score (nSPS) is 16.4. The Morgan fingerprint density at radius 1 is 1.07 bits per heavy atom. The second kappa shape index (κ2) is 8.30. The van der Waals surface area contributed by atoms with Crippen LogP contribution < -0.4 is 5.32 Å². The molecule has 0 aliphatic carbocycles. The number of nitrogens with one attached hydrogen (secondary N) is 1. The molecule has 0 radical (unpaired) electrons. The maximum Gasteiger partial charge on any atom is 0.252 e. The average molecular weight is 511 g/mol. The molecule has 1 saturated heterocycles. The number of amides is 1. The monoisotopic (exact) mass is 509 g/mol. The van der Waals surface area contributed by atoms with Crippen molar-refractivity contribution in [3.8, 4) is 0 Å². The van der Waals surface area contributed by atoms with E-state index in [0.717, 1.165) is 11.3 Å². The minimum atomic E-state index is -3.58. The first-order chi connectivity index (χ1) is 13.8. The van der Waals surface area contributed by atoms with Gasteiger partial charge in [-0.3, -0.25) is 4.79 Å². The van der Waals surface area contributed by atoms with Gasteiger partial charge in [-0.15, -0.1) is 11.3 Å². The minimum absolute atomic E-state index is 0.187. The predicted molar refractivity (Wildman–Crippen MR) is 119 cm³/mol. The lowest BCUT2D eigenvalue weighted by molar-refractivity contribution is -0.120. The third kappa shape index (κ3) is 4.27. The van der Waals surface area contributed by atoms with Gasteiger partial charge in [-0.25, -0.2) is 13.4 Å². The lowest BCUT2D eigenvalue weighted by Crippen LogP contribution is -2.41. The van der Waals surface area contributed by atoms with Crippen molar-refractivity contribution >= 4 is 88.8 Å². The van der Waals surface area contributed by atoms with Crippen molar-refractivity contribution in [3.63, 3.8) is 0 Å². The smallest absolute Gasteiger partial charge is 0.252 e. The number of hydrogen-bond donors (Lipinski definition) is 1. The molecule has 4 rings (SSSR count). The molecule has 1 aliphatic rings. The number of rotatable bonds is 4. The highest BCUT2D eigenvalue weighted by Crippen LogP contribution is 2.36. The summed E-state index contributed by atoms with van der Waals surface area (Å²) in [7, 11) is -3.58. The third-order valence-electron chi connectivity index (χ3n) is 4.64. The highest BCUT2D eigenvalue weighted by atomic mass is 35.5. The zero-order valence-electron chi connectivity index (χ0n) is 14.7. The lowest BCUT2D eigenvalue weighted by atomic mass is 9.97. The number of carbonyl (C=O) groups is 1. The van der Waals surface area contributed by atoms with Crippen LogP contribution in [0.25, 0.3) is 10.2 Å². The van der Waals surface area contributed by atoms with Gasteiger partial charge in [0.1, 0.15) is 9.73 Å². The molecule has 1 N–H and O–H groups in total. The van der Waals surface area contributed by atoms with Gasteiger partial charge in [-0.1, -0.05) is 46.1 Å². The van der Waals surface area contributed by atoms with Gasteiger partial charge in [0.05, 0.1) is 19.1 Å². The first-order valence-corrected chi connectivity index (χ1v) is 12.8. The van der Waals surface area contributed by atoms with Crippen molar-refractivity contribution < 1.29 is 13.2 Å². The minimum Gasteiger partial charge on any atom is -0.302 e. The van der Waals surface area contributed by atoms with Crippen LogP contribution >= 0.6 is 57.5 Å². The summed E-state index contributed by atoms with van der Waals surface area (Å²) in [6, 6.07) is 6.42. The maximum atomic E-state index is 12.7. The summed E-state index contributed by atoms with van der Waals surface area (Å²) >= 11 is 20.5. The van der Waals surface area contributed by atoms with Crippen molar-refractivity contribution in [2.45, 2.75) is 17.1 Å². The molecule has 0 spiro atoms. The number of benzene rings is 1. The number of hydrogen-bond acceptors (Lipinski definition) is 6. The average Bonchev–Trinajstić information content (AvgIpc) is 3.32. The fourth-order valence-corrected chi connectivity index (χ4v) is 7.66. The summed E-state index contributed by atoms with van der Waals surface area (Å²) in [5, 5.41) is 4.22. The van der Waals surface area contributed by atoms with Gasteiger partial charge < -0.3 is 5.32 Å². The van der Waals surface area contributed by atoms with Gasteiger partial charge in [0.2, 0.25) is 5.91 Å². The Balaban J connectivity index is 1.42. The summed E-state index contributed by atoms with van der Waals surface area (Å²) in [4.78, 5) is 17.0. The van der Waals surface area contributed by atoms with Crippen LogP contribution in [-0.4, -0.2) is 36.7 Å². The van der Waals surface area contributed by atoms with Gasteiger partial charge in [-0.2, -0.15) is 4.31 Å². The van der Waals surface area contributed by atoms with E-state index >= 15 is 0 Å². The molecule has 12 heteroatoms. The summed E-state index contributed by atoms with van der Waals surface area (Å²) in [6.45, 7) is 0.543. The molecule has 2 aromatic heterocycles.